The van der Waals surface area contributed by atoms with Gasteiger partial charge in [0.2, 0.25) is 0 Å². The molecule has 9 heteroatoms. The Morgan fingerprint density at radius 2 is 1.25 bits per heavy atom. The molecule has 0 saturated carbocycles. The van der Waals surface area contributed by atoms with Gasteiger partial charge in [0, 0.05) is 0 Å². The third-order valence-corrected chi connectivity index (χ3v) is 3.48. The van der Waals surface area contributed by atoms with E-state index < -0.39 is 6.03 Å². The summed E-state index contributed by atoms with van der Waals surface area (Å²) in [5.74, 6) is 0. The number of hydrogen-bond acceptors (Lipinski definition) is 3. The second-order valence-corrected chi connectivity index (χ2v) is 5.10. The van der Waals surface area contributed by atoms with Crippen molar-refractivity contribution in [1.82, 2.24) is 9.97 Å². The van der Waals surface area contributed by atoms with E-state index >= 15 is 0 Å². The summed E-state index contributed by atoms with van der Waals surface area (Å²) < 4.78 is 0. The number of carbonyl (C=O) groups excluding carboxylic acids is 1. The fourth-order valence-corrected chi connectivity index (χ4v) is 1.81. The van der Waals surface area contributed by atoms with Crippen LogP contribution >= 0.6 is 46.4 Å². The van der Waals surface area contributed by atoms with E-state index in [-0.39, 0.29) is 20.4 Å². The molecule has 0 saturated heterocycles. The number of nitrogens with one attached hydrogen (secondary N) is 2. The lowest BCUT2D eigenvalue weighted by Gasteiger charge is -2.08. The average Bonchev–Trinajstić information content (AvgIpc) is 2.38. The first kappa shape index (κ1) is 15.1. The maximum atomic E-state index is 11.7. The van der Waals surface area contributed by atoms with Crippen LogP contribution in [-0.2, 0) is 0 Å². The fraction of sp³-hybridized carbons (Fsp3) is 0. The maximum Gasteiger partial charge on any atom is 0.323 e. The molecule has 0 fully saturated rings. The van der Waals surface area contributed by atoms with E-state index in [1.54, 1.807) is 0 Å². The number of pyridine rings is 2. The topological polar surface area (TPSA) is 66.9 Å². The highest BCUT2D eigenvalue weighted by Crippen LogP contribution is 2.23. The van der Waals surface area contributed by atoms with E-state index in [9.17, 15) is 4.79 Å². The smallest absolute Gasteiger partial charge is 0.306 e. The normalized spacial score (nSPS) is 10.2. The van der Waals surface area contributed by atoms with Gasteiger partial charge in [-0.05, 0) is 12.1 Å². The van der Waals surface area contributed by atoms with Gasteiger partial charge in [-0.1, -0.05) is 46.4 Å². The molecule has 0 spiro atoms. The van der Waals surface area contributed by atoms with Gasteiger partial charge in [0.15, 0.2) is 0 Å². The van der Waals surface area contributed by atoms with Crippen LogP contribution < -0.4 is 10.6 Å². The van der Waals surface area contributed by atoms with Crippen LogP contribution in [0.1, 0.15) is 0 Å². The first-order valence-corrected chi connectivity index (χ1v) is 6.67. The molecule has 2 heterocycles. The number of rotatable bonds is 2. The maximum absolute atomic E-state index is 11.7. The number of carbonyl (C=O) groups is 1. The molecule has 0 unspecified atom stereocenters. The van der Waals surface area contributed by atoms with Crippen molar-refractivity contribution >= 4 is 63.8 Å². The molecule has 0 radical (unpaired) electrons. The molecule has 2 amide bonds. The third kappa shape index (κ3) is 3.86. The highest BCUT2D eigenvalue weighted by atomic mass is 35.5. The monoisotopic (exact) mass is 350 g/mol. The second kappa shape index (κ2) is 6.45. The van der Waals surface area contributed by atoms with Crippen LogP contribution in [0.2, 0.25) is 20.4 Å². The van der Waals surface area contributed by atoms with Crippen LogP contribution in [0.25, 0.3) is 0 Å². The van der Waals surface area contributed by atoms with E-state index in [1.807, 2.05) is 0 Å². The minimum atomic E-state index is -0.509. The lowest BCUT2D eigenvalue weighted by atomic mass is 10.4. The largest absolute Gasteiger partial charge is 0.323 e. The van der Waals surface area contributed by atoms with Gasteiger partial charge in [-0.3, -0.25) is 0 Å². The first-order chi connectivity index (χ1) is 9.45. The van der Waals surface area contributed by atoms with Crippen LogP contribution in [0.5, 0.6) is 0 Å². The predicted octanol–water partition coefficient (Wildman–Crippen LogP) is 4.73. The van der Waals surface area contributed by atoms with Crippen molar-refractivity contribution in [1.29, 1.82) is 0 Å². The molecule has 0 aliphatic carbocycles. The van der Waals surface area contributed by atoms with E-state index in [0.717, 1.165) is 0 Å². The summed E-state index contributed by atoms with van der Waals surface area (Å²) in [6, 6.07) is 2.44. The van der Waals surface area contributed by atoms with Crippen LogP contribution in [0.15, 0.2) is 24.5 Å². The summed E-state index contributed by atoms with van der Waals surface area (Å²) in [5, 5.41) is 5.86. The Bertz CT molecular complexity index is 609. The molecule has 0 bridgehead atoms. The zero-order chi connectivity index (χ0) is 14.7. The molecule has 20 heavy (non-hydrogen) atoms. The van der Waals surface area contributed by atoms with Crippen LogP contribution in [0.4, 0.5) is 16.2 Å². The predicted molar refractivity (Wildman–Crippen MR) is 81.2 cm³/mol. The number of urea groups is 1. The molecule has 104 valence electrons. The lowest BCUT2D eigenvalue weighted by molar-refractivity contribution is 0.262. The molecular weight excluding hydrogens is 346 g/mol. The molecule has 2 aromatic rings. The average molecular weight is 352 g/mol. The van der Waals surface area contributed by atoms with Crippen LogP contribution in [0.3, 0.4) is 0 Å². The number of hydrogen-bond donors (Lipinski definition) is 2. The van der Waals surface area contributed by atoms with Crippen molar-refractivity contribution < 1.29 is 4.79 Å². The minimum absolute atomic E-state index is 0.159. The molecule has 2 aromatic heterocycles. The van der Waals surface area contributed by atoms with E-state index in [1.165, 1.54) is 24.5 Å². The molecule has 2 rings (SSSR count). The standard InChI is InChI=1S/C11H6Cl4N4O/c12-7-1-5(3-16-9(7)14)18-11(20)19-6-2-8(13)10(15)17-4-6/h1-4H,(H2,18,19,20). The fourth-order valence-electron chi connectivity index (χ4n) is 1.27. The van der Waals surface area contributed by atoms with Crippen LogP contribution in [0, 0.1) is 0 Å². The van der Waals surface area contributed by atoms with Crippen molar-refractivity contribution in [2.24, 2.45) is 0 Å². The van der Waals surface area contributed by atoms with Gasteiger partial charge in [0.25, 0.3) is 0 Å². The van der Waals surface area contributed by atoms with E-state index in [0.29, 0.717) is 11.4 Å². The van der Waals surface area contributed by atoms with Crippen molar-refractivity contribution in [3.63, 3.8) is 0 Å². The molecular formula is C11H6Cl4N4O. The Hall–Kier alpha value is -1.27. The number of amides is 2. The summed E-state index contributed by atoms with van der Waals surface area (Å²) in [5.41, 5.74) is 0.787. The number of nitrogens with zero attached hydrogens (tertiary/aromatic N) is 2. The van der Waals surface area contributed by atoms with Crippen molar-refractivity contribution in [3.05, 3.63) is 44.9 Å². The second-order valence-electron chi connectivity index (χ2n) is 3.57. The number of aromatic nitrogens is 2. The van der Waals surface area contributed by atoms with Gasteiger partial charge in [-0.25, -0.2) is 14.8 Å². The molecule has 0 aromatic carbocycles. The zero-order valence-electron chi connectivity index (χ0n) is 9.62. The van der Waals surface area contributed by atoms with Crippen LogP contribution in [-0.4, -0.2) is 16.0 Å². The lowest BCUT2D eigenvalue weighted by Crippen LogP contribution is -2.19. The Morgan fingerprint density at radius 3 is 1.60 bits per heavy atom. The Balaban J connectivity index is 2.04. The molecule has 5 nitrogen and oxygen atoms in total. The van der Waals surface area contributed by atoms with Gasteiger partial charge in [-0.15, -0.1) is 0 Å². The summed E-state index contributed by atoms with van der Waals surface area (Å²) in [7, 11) is 0. The summed E-state index contributed by atoms with van der Waals surface area (Å²) in [6.45, 7) is 0. The van der Waals surface area contributed by atoms with E-state index in [4.69, 9.17) is 46.4 Å². The van der Waals surface area contributed by atoms with Crippen molar-refractivity contribution in [2.75, 3.05) is 10.6 Å². The quantitative estimate of drug-likeness (QED) is 0.768. The zero-order valence-corrected chi connectivity index (χ0v) is 12.6. The Kier molecular flexibility index (Phi) is 4.88. The van der Waals surface area contributed by atoms with E-state index in [2.05, 4.69) is 20.6 Å². The summed E-state index contributed by atoms with van der Waals surface area (Å²) >= 11 is 22.9. The summed E-state index contributed by atoms with van der Waals surface area (Å²) in [4.78, 5) is 19.4. The minimum Gasteiger partial charge on any atom is -0.306 e. The SMILES string of the molecule is O=C(Nc1cnc(Cl)c(Cl)c1)Nc1cnc(Cl)c(Cl)c1. The Labute approximate surface area is 134 Å². The Morgan fingerprint density at radius 1 is 0.850 bits per heavy atom. The first-order valence-electron chi connectivity index (χ1n) is 5.16. The number of anilines is 2. The third-order valence-electron chi connectivity index (χ3n) is 2.11. The molecule has 0 atom stereocenters. The van der Waals surface area contributed by atoms with Gasteiger partial charge >= 0.3 is 6.03 Å². The van der Waals surface area contributed by atoms with Crippen molar-refractivity contribution in [2.45, 2.75) is 0 Å². The van der Waals surface area contributed by atoms with Gasteiger partial charge in [-0.2, -0.15) is 0 Å². The van der Waals surface area contributed by atoms with Gasteiger partial charge < -0.3 is 10.6 Å². The highest BCUT2D eigenvalue weighted by molar-refractivity contribution is 6.41. The number of halogens is 4. The molecule has 2 N–H and O–H groups in total. The summed E-state index contributed by atoms with van der Waals surface area (Å²) in [6.07, 6.45) is 2.75. The highest BCUT2D eigenvalue weighted by Gasteiger charge is 2.07. The van der Waals surface area contributed by atoms with Gasteiger partial charge in [0.1, 0.15) is 10.3 Å². The van der Waals surface area contributed by atoms with Gasteiger partial charge in [0.05, 0.1) is 33.8 Å². The molecule has 0 aliphatic heterocycles. The van der Waals surface area contributed by atoms with Crippen molar-refractivity contribution in [3.8, 4) is 0 Å². The molecule has 0 aliphatic rings.